The molecule has 7 nitrogen and oxygen atoms in total. The topological polar surface area (TPSA) is 84.7 Å². The molecule has 0 radical (unpaired) electrons. The average Bonchev–Trinajstić information content (AvgIpc) is 2.86. The van der Waals surface area contributed by atoms with Crippen LogP contribution in [-0.2, 0) is 20.9 Å². The molecular formula is C14H17N3O4. The van der Waals surface area contributed by atoms with Crippen LogP contribution in [-0.4, -0.2) is 58.5 Å². The van der Waals surface area contributed by atoms with Crippen molar-refractivity contribution in [3.05, 3.63) is 30.5 Å². The number of carboxylic acid groups (broad SMARTS) is 1. The zero-order valence-corrected chi connectivity index (χ0v) is 11.7. The zero-order chi connectivity index (χ0) is 15.2. The van der Waals surface area contributed by atoms with Crippen LogP contribution in [0.1, 0.15) is 0 Å². The number of rotatable bonds is 7. The summed E-state index contributed by atoms with van der Waals surface area (Å²) in [7, 11) is 1.50. The number of aliphatic carboxylic acids is 1. The molecule has 2 rings (SSSR count). The number of nitrogens with zero attached hydrogens (tertiary/aromatic N) is 3. The lowest BCUT2D eigenvalue weighted by Gasteiger charge is -2.20. The number of aromatic nitrogens is 2. The maximum absolute atomic E-state index is 12.2. The lowest BCUT2D eigenvalue weighted by atomic mass is 10.2. The molecule has 1 heterocycles. The normalized spacial score (nSPS) is 10.7. The van der Waals surface area contributed by atoms with E-state index in [0.29, 0.717) is 6.61 Å². The highest BCUT2D eigenvalue weighted by Crippen LogP contribution is 2.12. The molecule has 0 spiro atoms. The summed E-state index contributed by atoms with van der Waals surface area (Å²) in [6.45, 7) is 0.186. The minimum atomic E-state index is -1.05. The van der Waals surface area contributed by atoms with Gasteiger partial charge in [0.1, 0.15) is 13.1 Å². The molecule has 1 aromatic carbocycles. The van der Waals surface area contributed by atoms with Gasteiger partial charge in [-0.2, -0.15) is 5.10 Å². The van der Waals surface area contributed by atoms with Gasteiger partial charge in [-0.3, -0.25) is 14.3 Å². The molecule has 1 N–H and O–H groups in total. The fraction of sp³-hybridized carbons (Fsp3) is 0.357. The molecule has 0 fully saturated rings. The molecule has 0 atom stereocenters. The summed E-state index contributed by atoms with van der Waals surface area (Å²) in [6.07, 6.45) is 1.68. The quantitative estimate of drug-likeness (QED) is 0.807. The molecule has 112 valence electrons. The Morgan fingerprint density at radius 3 is 2.86 bits per heavy atom. The molecule has 0 aliphatic carbocycles. The highest BCUT2D eigenvalue weighted by atomic mass is 16.5. The Labute approximate surface area is 121 Å². The minimum absolute atomic E-state index is 0.00447. The number of carbonyl (C=O) groups is 2. The molecule has 0 aliphatic rings. The molecular weight excluding hydrogens is 274 g/mol. The first kappa shape index (κ1) is 15.0. The van der Waals surface area contributed by atoms with E-state index in [4.69, 9.17) is 9.84 Å². The first-order valence-corrected chi connectivity index (χ1v) is 6.51. The molecule has 0 saturated carbocycles. The summed E-state index contributed by atoms with van der Waals surface area (Å²) in [5.41, 5.74) is 0.841. The maximum atomic E-state index is 12.2. The Hall–Kier alpha value is -2.41. The highest BCUT2D eigenvalue weighted by Gasteiger charge is 2.18. The number of hydrogen-bond acceptors (Lipinski definition) is 4. The number of fused-ring (bicyclic) bond motifs is 1. The summed E-state index contributed by atoms with van der Waals surface area (Å²) in [5, 5.41) is 14.0. The van der Waals surface area contributed by atoms with Crippen LogP contribution in [0.5, 0.6) is 0 Å². The van der Waals surface area contributed by atoms with Crippen LogP contribution in [0.3, 0.4) is 0 Å². The van der Waals surface area contributed by atoms with Crippen molar-refractivity contribution in [2.24, 2.45) is 0 Å². The molecule has 1 aromatic heterocycles. The maximum Gasteiger partial charge on any atom is 0.323 e. The van der Waals surface area contributed by atoms with Crippen molar-refractivity contribution >= 4 is 22.8 Å². The summed E-state index contributed by atoms with van der Waals surface area (Å²) in [4.78, 5) is 24.3. The fourth-order valence-corrected chi connectivity index (χ4v) is 2.04. The Kier molecular flexibility index (Phi) is 4.89. The second kappa shape index (κ2) is 6.85. The third kappa shape index (κ3) is 3.79. The number of ether oxygens (including phenoxy) is 1. The Morgan fingerprint density at radius 1 is 1.38 bits per heavy atom. The van der Waals surface area contributed by atoms with Crippen LogP contribution in [0.4, 0.5) is 0 Å². The van der Waals surface area contributed by atoms with Gasteiger partial charge in [-0.25, -0.2) is 0 Å². The van der Waals surface area contributed by atoms with Crippen LogP contribution < -0.4 is 0 Å². The Morgan fingerprint density at radius 2 is 2.14 bits per heavy atom. The molecule has 0 saturated heterocycles. The van der Waals surface area contributed by atoms with E-state index in [0.717, 1.165) is 10.9 Å². The van der Waals surface area contributed by atoms with E-state index in [1.165, 1.54) is 12.0 Å². The van der Waals surface area contributed by atoms with Gasteiger partial charge in [0.2, 0.25) is 5.91 Å². The van der Waals surface area contributed by atoms with E-state index >= 15 is 0 Å². The second-order valence-corrected chi connectivity index (χ2v) is 4.56. The molecule has 1 amide bonds. The van der Waals surface area contributed by atoms with Crippen molar-refractivity contribution in [1.82, 2.24) is 14.7 Å². The van der Waals surface area contributed by atoms with Crippen molar-refractivity contribution in [3.63, 3.8) is 0 Å². The van der Waals surface area contributed by atoms with Crippen molar-refractivity contribution in [1.29, 1.82) is 0 Å². The number of carboxylic acids is 1. The lowest BCUT2D eigenvalue weighted by molar-refractivity contribution is -0.145. The van der Waals surface area contributed by atoms with Gasteiger partial charge < -0.3 is 14.7 Å². The van der Waals surface area contributed by atoms with E-state index in [9.17, 15) is 9.59 Å². The van der Waals surface area contributed by atoms with Crippen molar-refractivity contribution in [2.75, 3.05) is 26.8 Å². The third-order valence-corrected chi connectivity index (χ3v) is 3.08. The van der Waals surface area contributed by atoms with E-state index in [1.54, 1.807) is 10.9 Å². The van der Waals surface area contributed by atoms with Gasteiger partial charge in [-0.05, 0) is 6.07 Å². The monoisotopic (exact) mass is 291 g/mol. The average molecular weight is 291 g/mol. The van der Waals surface area contributed by atoms with Gasteiger partial charge in [0.25, 0.3) is 0 Å². The van der Waals surface area contributed by atoms with E-state index in [-0.39, 0.29) is 25.5 Å². The van der Waals surface area contributed by atoms with E-state index in [1.807, 2.05) is 24.3 Å². The zero-order valence-electron chi connectivity index (χ0n) is 11.7. The fourth-order valence-electron chi connectivity index (χ4n) is 2.04. The van der Waals surface area contributed by atoms with Gasteiger partial charge in [-0.1, -0.05) is 18.2 Å². The number of methoxy groups -OCH3 is 1. The predicted octanol–water partition coefficient (Wildman–Crippen LogP) is 0.596. The molecule has 0 unspecified atom stereocenters. The van der Waals surface area contributed by atoms with Gasteiger partial charge in [-0.15, -0.1) is 0 Å². The largest absolute Gasteiger partial charge is 0.480 e. The minimum Gasteiger partial charge on any atom is -0.480 e. The summed E-state index contributed by atoms with van der Waals surface area (Å²) in [6, 6.07) is 7.53. The van der Waals surface area contributed by atoms with Gasteiger partial charge in [0.15, 0.2) is 0 Å². The van der Waals surface area contributed by atoms with Gasteiger partial charge >= 0.3 is 5.97 Å². The number of carbonyl (C=O) groups excluding carboxylic acids is 1. The van der Waals surface area contributed by atoms with Crippen molar-refractivity contribution in [2.45, 2.75) is 6.54 Å². The van der Waals surface area contributed by atoms with Crippen LogP contribution in [0, 0.1) is 0 Å². The first-order chi connectivity index (χ1) is 10.1. The SMILES string of the molecule is COCCN(CC(=O)O)C(=O)Cn1ncc2ccccc21. The smallest absolute Gasteiger partial charge is 0.323 e. The number of para-hydroxylation sites is 1. The van der Waals surface area contributed by atoms with Crippen LogP contribution in [0.25, 0.3) is 10.9 Å². The Bertz CT molecular complexity index is 638. The molecule has 21 heavy (non-hydrogen) atoms. The standard InChI is InChI=1S/C14H17N3O4/c1-21-7-6-16(10-14(19)20)13(18)9-17-12-5-3-2-4-11(12)8-15-17/h2-5,8H,6-7,9-10H2,1H3,(H,19,20). The van der Waals surface area contributed by atoms with Crippen LogP contribution in [0.2, 0.25) is 0 Å². The second-order valence-electron chi connectivity index (χ2n) is 4.56. The van der Waals surface area contributed by atoms with E-state index in [2.05, 4.69) is 5.10 Å². The van der Waals surface area contributed by atoms with Gasteiger partial charge in [0.05, 0.1) is 18.3 Å². The van der Waals surface area contributed by atoms with E-state index < -0.39 is 5.97 Å². The lowest BCUT2D eigenvalue weighted by Crippen LogP contribution is -2.40. The van der Waals surface area contributed by atoms with Crippen LogP contribution >= 0.6 is 0 Å². The predicted molar refractivity (Wildman–Crippen MR) is 75.8 cm³/mol. The van der Waals surface area contributed by atoms with Crippen molar-refractivity contribution in [3.8, 4) is 0 Å². The number of amides is 1. The highest BCUT2D eigenvalue weighted by molar-refractivity contribution is 5.84. The summed E-state index contributed by atoms with van der Waals surface area (Å²) < 4.78 is 6.47. The first-order valence-electron chi connectivity index (χ1n) is 6.51. The summed E-state index contributed by atoms with van der Waals surface area (Å²) >= 11 is 0. The number of benzene rings is 1. The molecule has 0 bridgehead atoms. The summed E-state index contributed by atoms with van der Waals surface area (Å²) in [5.74, 6) is -1.35. The molecule has 0 aliphatic heterocycles. The van der Waals surface area contributed by atoms with Crippen LogP contribution in [0.15, 0.2) is 30.5 Å². The third-order valence-electron chi connectivity index (χ3n) is 3.08. The number of hydrogen-bond donors (Lipinski definition) is 1. The van der Waals surface area contributed by atoms with Gasteiger partial charge in [0, 0.05) is 19.0 Å². The molecule has 2 aromatic rings. The molecule has 7 heteroatoms. The van der Waals surface area contributed by atoms with Crippen molar-refractivity contribution < 1.29 is 19.4 Å². The Balaban J connectivity index is 2.11.